The molecule has 2 rings (SSSR count). The molecule has 0 aliphatic carbocycles. The van der Waals surface area contributed by atoms with E-state index < -0.39 is 0 Å². The van der Waals surface area contributed by atoms with Gasteiger partial charge in [0, 0.05) is 38.1 Å². The van der Waals surface area contributed by atoms with Crippen LogP contribution in [-0.4, -0.2) is 48.4 Å². The van der Waals surface area contributed by atoms with E-state index >= 15 is 0 Å². The van der Waals surface area contributed by atoms with Gasteiger partial charge in [0.15, 0.2) is 0 Å². The molecule has 5 heteroatoms. The molecule has 1 heterocycles. The fourth-order valence-electron chi connectivity index (χ4n) is 3.11. The van der Waals surface area contributed by atoms with Gasteiger partial charge in [0.2, 0.25) is 0 Å². The van der Waals surface area contributed by atoms with Gasteiger partial charge >= 0.3 is 0 Å². The third-order valence-electron chi connectivity index (χ3n) is 4.77. The average molecular weight is 340 g/mol. The number of para-hydroxylation sites is 1. The summed E-state index contributed by atoms with van der Waals surface area (Å²) in [6, 6.07) is 8.12. The Morgan fingerprint density at radius 1 is 1.16 bits per heavy atom. The van der Waals surface area contributed by atoms with Gasteiger partial charge in [0.25, 0.3) is 5.91 Å². The fraction of sp³-hybridized carbons (Fsp3) is 0.500. The van der Waals surface area contributed by atoms with Crippen molar-refractivity contribution in [2.45, 2.75) is 33.6 Å². The predicted molar refractivity (Wildman–Crippen MR) is 101 cm³/mol. The van der Waals surface area contributed by atoms with Crippen LogP contribution < -0.4 is 5.32 Å². The van der Waals surface area contributed by atoms with Crippen molar-refractivity contribution in [2.75, 3.05) is 38.0 Å². The Balaban J connectivity index is 2.14. The molecule has 25 heavy (non-hydrogen) atoms. The highest BCUT2D eigenvalue weighted by molar-refractivity contribution is 6.07. The van der Waals surface area contributed by atoms with Crippen LogP contribution in [0.25, 0.3) is 0 Å². The highest BCUT2D eigenvalue weighted by atomic mass is 16.1. The lowest BCUT2D eigenvalue weighted by atomic mass is 10.0. The molecular weight excluding hydrogens is 312 g/mol. The molecule has 1 amide bonds. The van der Waals surface area contributed by atoms with Crippen molar-refractivity contribution in [3.8, 4) is 6.07 Å². The molecule has 134 valence electrons. The molecular formula is C20H28N4O. The van der Waals surface area contributed by atoms with E-state index in [1.165, 1.54) is 0 Å². The topological polar surface area (TPSA) is 59.4 Å². The first-order chi connectivity index (χ1) is 12.1. The van der Waals surface area contributed by atoms with Crippen LogP contribution in [0.1, 0.15) is 31.9 Å². The fourth-order valence-corrected chi connectivity index (χ4v) is 3.11. The van der Waals surface area contributed by atoms with Crippen molar-refractivity contribution in [3.63, 3.8) is 0 Å². The van der Waals surface area contributed by atoms with Crippen LogP contribution in [0.2, 0.25) is 0 Å². The number of nitrogens with one attached hydrogen (secondary N) is 1. The number of likely N-dealkylation sites (N-methyl/N-ethyl adjacent to an activating group) is 1. The minimum atomic E-state index is -0.323. The number of carbonyl (C=O) groups excluding carboxylic acids is 1. The number of anilines is 1. The van der Waals surface area contributed by atoms with Gasteiger partial charge in [0.05, 0.1) is 0 Å². The molecule has 0 unspecified atom stereocenters. The maximum Gasteiger partial charge on any atom is 0.267 e. The summed E-state index contributed by atoms with van der Waals surface area (Å²) in [6.45, 7) is 10.9. The van der Waals surface area contributed by atoms with Gasteiger partial charge in [-0.25, -0.2) is 0 Å². The largest absolute Gasteiger partial charge is 0.374 e. The van der Waals surface area contributed by atoms with Gasteiger partial charge in [-0.1, -0.05) is 39.0 Å². The zero-order valence-corrected chi connectivity index (χ0v) is 15.5. The molecule has 0 bridgehead atoms. The average Bonchev–Trinajstić information content (AvgIpc) is 2.66. The first kappa shape index (κ1) is 19.0. The number of amides is 1. The van der Waals surface area contributed by atoms with Crippen LogP contribution >= 0.6 is 0 Å². The number of rotatable bonds is 6. The standard InChI is InChI=1S/C20H28N4O/c1-4-16-8-7-9-17(5-2)19(16)22-20(25)18(14-21)15-24-12-10-23(6-3)11-13-24/h7-9,15H,4-6,10-13H2,1-3H3,(H,22,25)/b18-15-. The Labute approximate surface area is 150 Å². The quantitative estimate of drug-likeness (QED) is 0.639. The maximum atomic E-state index is 12.6. The van der Waals surface area contributed by atoms with E-state index in [1.807, 2.05) is 18.2 Å². The Morgan fingerprint density at radius 3 is 2.24 bits per heavy atom. The van der Waals surface area contributed by atoms with Gasteiger partial charge in [-0.2, -0.15) is 5.26 Å². The molecule has 1 aliphatic heterocycles. The summed E-state index contributed by atoms with van der Waals surface area (Å²) in [5, 5.41) is 12.4. The summed E-state index contributed by atoms with van der Waals surface area (Å²) in [5.74, 6) is -0.323. The van der Waals surface area contributed by atoms with Gasteiger partial charge in [-0.05, 0) is 30.5 Å². The molecule has 0 saturated carbocycles. The SMILES string of the molecule is CCc1cccc(CC)c1NC(=O)/C(C#N)=C\N1CCN(CC)CC1. The summed E-state index contributed by atoms with van der Waals surface area (Å²) in [7, 11) is 0. The van der Waals surface area contributed by atoms with Crippen molar-refractivity contribution in [2.24, 2.45) is 0 Å². The molecule has 0 radical (unpaired) electrons. The molecule has 1 aliphatic rings. The van der Waals surface area contributed by atoms with E-state index in [2.05, 4.69) is 42.0 Å². The van der Waals surface area contributed by atoms with E-state index in [-0.39, 0.29) is 11.5 Å². The van der Waals surface area contributed by atoms with Crippen molar-refractivity contribution in [1.29, 1.82) is 5.26 Å². The number of aryl methyl sites for hydroxylation is 2. The predicted octanol–water partition coefficient (Wildman–Crippen LogP) is 2.79. The zero-order valence-electron chi connectivity index (χ0n) is 15.5. The lowest BCUT2D eigenvalue weighted by Gasteiger charge is -2.33. The van der Waals surface area contributed by atoms with Crippen molar-refractivity contribution in [1.82, 2.24) is 9.80 Å². The van der Waals surface area contributed by atoms with Crippen LogP contribution in [0.4, 0.5) is 5.69 Å². The first-order valence-corrected chi connectivity index (χ1v) is 9.13. The monoisotopic (exact) mass is 340 g/mol. The normalized spacial score (nSPS) is 15.8. The Bertz CT molecular complexity index is 645. The molecule has 0 atom stereocenters. The molecule has 1 N–H and O–H groups in total. The van der Waals surface area contributed by atoms with E-state index in [4.69, 9.17) is 0 Å². The number of nitrogens with zero attached hydrogens (tertiary/aromatic N) is 3. The highest BCUT2D eigenvalue weighted by Gasteiger charge is 2.17. The lowest BCUT2D eigenvalue weighted by molar-refractivity contribution is -0.112. The minimum absolute atomic E-state index is 0.165. The molecule has 1 aromatic carbocycles. The second-order valence-electron chi connectivity index (χ2n) is 6.24. The summed E-state index contributed by atoms with van der Waals surface area (Å²) in [4.78, 5) is 17.1. The van der Waals surface area contributed by atoms with Crippen LogP contribution in [0, 0.1) is 11.3 Å². The second-order valence-corrected chi connectivity index (χ2v) is 6.24. The summed E-state index contributed by atoms with van der Waals surface area (Å²) >= 11 is 0. The Morgan fingerprint density at radius 2 is 1.76 bits per heavy atom. The van der Waals surface area contributed by atoms with Crippen LogP contribution in [0.15, 0.2) is 30.0 Å². The van der Waals surface area contributed by atoms with Crippen LogP contribution in [0.3, 0.4) is 0 Å². The summed E-state index contributed by atoms with van der Waals surface area (Å²) in [6.07, 6.45) is 3.39. The lowest BCUT2D eigenvalue weighted by Crippen LogP contribution is -2.44. The van der Waals surface area contributed by atoms with E-state index in [0.29, 0.717) is 0 Å². The molecule has 5 nitrogen and oxygen atoms in total. The number of piperazine rings is 1. The van der Waals surface area contributed by atoms with E-state index in [0.717, 1.165) is 62.4 Å². The number of nitriles is 1. The number of carbonyl (C=O) groups is 1. The van der Waals surface area contributed by atoms with E-state index in [9.17, 15) is 10.1 Å². The number of hydrogen-bond donors (Lipinski definition) is 1. The van der Waals surface area contributed by atoms with Gasteiger partial charge in [-0.15, -0.1) is 0 Å². The smallest absolute Gasteiger partial charge is 0.267 e. The summed E-state index contributed by atoms with van der Waals surface area (Å²) in [5.41, 5.74) is 3.22. The molecule has 1 fully saturated rings. The molecule has 1 saturated heterocycles. The van der Waals surface area contributed by atoms with Gasteiger partial charge in [0.1, 0.15) is 11.6 Å². The number of hydrogen-bond acceptors (Lipinski definition) is 4. The molecule has 1 aromatic rings. The highest BCUT2D eigenvalue weighted by Crippen LogP contribution is 2.23. The van der Waals surface area contributed by atoms with Crippen molar-refractivity contribution >= 4 is 11.6 Å². The third kappa shape index (κ3) is 4.83. The van der Waals surface area contributed by atoms with E-state index in [1.54, 1.807) is 6.20 Å². The van der Waals surface area contributed by atoms with Crippen LogP contribution in [-0.2, 0) is 17.6 Å². The maximum absolute atomic E-state index is 12.6. The Hall–Kier alpha value is -2.32. The van der Waals surface area contributed by atoms with Gasteiger partial charge < -0.3 is 15.1 Å². The first-order valence-electron chi connectivity index (χ1n) is 9.13. The Kier molecular flexibility index (Phi) is 7.03. The summed E-state index contributed by atoms with van der Waals surface area (Å²) < 4.78 is 0. The van der Waals surface area contributed by atoms with Gasteiger partial charge in [-0.3, -0.25) is 4.79 Å². The zero-order chi connectivity index (χ0) is 18.2. The van der Waals surface area contributed by atoms with Crippen molar-refractivity contribution < 1.29 is 4.79 Å². The molecule has 0 spiro atoms. The van der Waals surface area contributed by atoms with Crippen molar-refractivity contribution in [3.05, 3.63) is 41.1 Å². The second kappa shape index (κ2) is 9.24. The third-order valence-corrected chi connectivity index (χ3v) is 4.77. The van der Waals surface area contributed by atoms with Crippen LogP contribution in [0.5, 0.6) is 0 Å². The number of benzene rings is 1. The molecule has 0 aromatic heterocycles. The minimum Gasteiger partial charge on any atom is -0.374 e.